The van der Waals surface area contributed by atoms with E-state index in [0.29, 0.717) is 36.9 Å². The smallest absolute Gasteiger partial charge is 0.166 e. The van der Waals surface area contributed by atoms with E-state index in [1.807, 2.05) is 12.3 Å². The van der Waals surface area contributed by atoms with Crippen molar-refractivity contribution in [2.24, 2.45) is 0 Å². The molecule has 0 aliphatic carbocycles. The van der Waals surface area contributed by atoms with Gasteiger partial charge in [-0.1, -0.05) is 6.58 Å². The maximum Gasteiger partial charge on any atom is 0.166 e. The number of nitrogens with one attached hydrogen (secondary N) is 2. The van der Waals surface area contributed by atoms with Crippen molar-refractivity contribution in [3.8, 4) is 5.75 Å². The summed E-state index contributed by atoms with van der Waals surface area (Å²) < 4.78 is 31.3. The number of ether oxygens (including phenoxy) is 1. The van der Waals surface area contributed by atoms with Gasteiger partial charge in [0.1, 0.15) is 24.0 Å². The molecule has 6 nitrogen and oxygen atoms in total. The normalized spacial score (nSPS) is 13.7. The van der Waals surface area contributed by atoms with Gasteiger partial charge >= 0.3 is 0 Å². The number of fused-ring (bicyclic) bond motifs is 2. The van der Waals surface area contributed by atoms with Crippen molar-refractivity contribution < 1.29 is 13.5 Å². The number of anilines is 1. The lowest BCUT2D eigenvalue weighted by molar-refractivity contribution is 0.318. The van der Waals surface area contributed by atoms with E-state index in [0.717, 1.165) is 16.8 Å². The molecule has 1 aliphatic heterocycles. The Bertz CT molecular complexity index is 941. The average Bonchev–Trinajstić information content (AvgIpc) is 3.08. The van der Waals surface area contributed by atoms with Gasteiger partial charge in [-0.15, -0.1) is 0 Å². The summed E-state index contributed by atoms with van der Waals surface area (Å²) in [5, 5.41) is 10.7. The van der Waals surface area contributed by atoms with Gasteiger partial charge in [0.2, 0.25) is 0 Å². The molecule has 8 heteroatoms. The molecule has 0 atom stereocenters. The predicted octanol–water partition coefficient (Wildman–Crippen LogP) is 3.41. The minimum atomic E-state index is -0.295. The summed E-state index contributed by atoms with van der Waals surface area (Å²) in [4.78, 5) is 4.58. The summed E-state index contributed by atoms with van der Waals surface area (Å²) in [5.41, 5.74) is 3.01. The highest BCUT2D eigenvalue weighted by Gasteiger charge is 2.12. The van der Waals surface area contributed by atoms with Crippen LogP contribution < -0.4 is 15.4 Å². The highest BCUT2D eigenvalue weighted by atomic mass is 19.1. The van der Waals surface area contributed by atoms with Crippen molar-refractivity contribution in [3.63, 3.8) is 0 Å². The molecule has 2 aromatic heterocycles. The summed E-state index contributed by atoms with van der Waals surface area (Å²) >= 11 is 0. The molecule has 27 heavy (non-hydrogen) atoms. The van der Waals surface area contributed by atoms with Crippen LogP contribution in [0.2, 0.25) is 0 Å². The largest absolute Gasteiger partial charge is 0.491 e. The Morgan fingerprint density at radius 3 is 2.93 bits per heavy atom. The molecule has 0 spiro atoms. The fourth-order valence-corrected chi connectivity index (χ4v) is 2.65. The molecule has 1 aromatic carbocycles. The molecule has 0 saturated carbocycles. The number of hydrogen-bond acceptors (Lipinski definition) is 5. The van der Waals surface area contributed by atoms with Crippen molar-refractivity contribution in [2.45, 2.75) is 13.5 Å². The van der Waals surface area contributed by atoms with Crippen LogP contribution in [0, 0.1) is 5.82 Å². The van der Waals surface area contributed by atoms with Crippen LogP contribution >= 0.6 is 0 Å². The Kier molecular flexibility index (Phi) is 5.85. The van der Waals surface area contributed by atoms with E-state index < -0.39 is 0 Å². The number of alkyl halides is 1. The molecule has 3 aromatic rings. The molecule has 4 rings (SSSR count). The van der Waals surface area contributed by atoms with Gasteiger partial charge in [0.05, 0.1) is 18.4 Å². The van der Waals surface area contributed by atoms with Crippen molar-refractivity contribution >= 4 is 17.2 Å². The molecule has 0 radical (unpaired) electrons. The topological polar surface area (TPSA) is 63.5 Å². The van der Waals surface area contributed by atoms with E-state index >= 15 is 0 Å². The second kappa shape index (κ2) is 8.48. The number of nitrogens with zero attached hydrogens (tertiary/aromatic N) is 3. The number of rotatable bonds is 0. The summed E-state index contributed by atoms with van der Waals surface area (Å²) in [6.45, 7) is 6.67. The average molecular weight is 373 g/mol. The minimum absolute atomic E-state index is 0.250. The lowest BCUT2D eigenvalue weighted by atomic mass is 10.2. The molecule has 3 heterocycles. The molecule has 2 N–H and O–H groups in total. The SMILES string of the molecule is C=C1NCCOc2ccc(F)cc2CNc2ccn3ncc1c3n2.CCF. The van der Waals surface area contributed by atoms with Crippen LogP contribution in [0.1, 0.15) is 18.1 Å². The zero-order valence-electron chi connectivity index (χ0n) is 15.0. The van der Waals surface area contributed by atoms with E-state index in [9.17, 15) is 8.78 Å². The molecule has 2 bridgehead atoms. The quantitative estimate of drug-likeness (QED) is 0.632. The van der Waals surface area contributed by atoms with Crippen molar-refractivity contribution in [1.29, 1.82) is 0 Å². The molecule has 1 aliphatic rings. The van der Waals surface area contributed by atoms with E-state index in [4.69, 9.17) is 4.74 Å². The van der Waals surface area contributed by atoms with E-state index in [2.05, 4.69) is 27.3 Å². The molecule has 142 valence electrons. The summed E-state index contributed by atoms with van der Waals surface area (Å²) in [5.74, 6) is 1.03. The van der Waals surface area contributed by atoms with Crippen molar-refractivity contribution in [3.05, 3.63) is 60.2 Å². The van der Waals surface area contributed by atoms with Gasteiger partial charge in [-0.2, -0.15) is 5.10 Å². The Balaban J connectivity index is 0.000000659. The van der Waals surface area contributed by atoms with Crippen molar-refractivity contribution in [2.75, 3.05) is 25.1 Å². The number of benzene rings is 1. The second-order valence-electron chi connectivity index (χ2n) is 5.77. The fourth-order valence-electron chi connectivity index (χ4n) is 2.65. The van der Waals surface area contributed by atoms with Crippen LogP contribution in [0.3, 0.4) is 0 Å². The standard InChI is InChI=1S/C17H16FN5O.C2H5F/c1-11-14-10-21-23-6-4-16(22-17(14)23)20-9-12-8-13(18)2-3-15(12)24-7-5-19-11;1-2-3/h2-4,6,8,10,19H,1,5,7,9H2,(H,20,22);2H2,1H3. The molecular weight excluding hydrogens is 352 g/mol. The number of hydrogen-bond donors (Lipinski definition) is 2. The second-order valence-corrected chi connectivity index (χ2v) is 5.77. The van der Waals surface area contributed by atoms with E-state index in [1.165, 1.54) is 19.1 Å². The Morgan fingerprint density at radius 2 is 2.11 bits per heavy atom. The minimum Gasteiger partial charge on any atom is -0.491 e. The number of aromatic nitrogens is 3. The lowest BCUT2D eigenvalue weighted by Gasteiger charge is -2.13. The highest BCUT2D eigenvalue weighted by molar-refractivity contribution is 5.73. The first kappa shape index (κ1) is 18.6. The van der Waals surface area contributed by atoms with E-state index in [1.54, 1.807) is 16.8 Å². The summed E-state index contributed by atoms with van der Waals surface area (Å²) in [6, 6.07) is 6.33. The first-order valence-corrected chi connectivity index (χ1v) is 8.61. The van der Waals surface area contributed by atoms with Gasteiger partial charge in [0.25, 0.3) is 0 Å². The Labute approximate surface area is 155 Å². The fraction of sp³-hybridized carbons (Fsp3) is 0.263. The zero-order valence-corrected chi connectivity index (χ0v) is 15.0. The molecule has 0 unspecified atom stereocenters. The molecular formula is C19H21F2N5O. The Hall–Kier alpha value is -3.16. The maximum absolute atomic E-state index is 13.6. The third-order valence-corrected chi connectivity index (χ3v) is 3.87. The monoisotopic (exact) mass is 373 g/mol. The van der Waals surface area contributed by atoms with Crippen LogP contribution in [0.25, 0.3) is 11.3 Å². The van der Waals surface area contributed by atoms with Gasteiger partial charge < -0.3 is 15.4 Å². The van der Waals surface area contributed by atoms with Gasteiger partial charge in [-0.3, -0.25) is 4.39 Å². The third kappa shape index (κ3) is 4.33. The van der Waals surface area contributed by atoms with Crippen LogP contribution in [0.4, 0.5) is 14.6 Å². The van der Waals surface area contributed by atoms with Crippen molar-refractivity contribution in [1.82, 2.24) is 19.9 Å². The van der Waals surface area contributed by atoms with Crippen LogP contribution in [0.15, 0.2) is 43.2 Å². The highest BCUT2D eigenvalue weighted by Crippen LogP contribution is 2.22. The van der Waals surface area contributed by atoms with Gasteiger partial charge in [-0.25, -0.2) is 13.9 Å². The van der Waals surface area contributed by atoms with Gasteiger partial charge in [0, 0.05) is 30.5 Å². The Morgan fingerprint density at radius 1 is 1.30 bits per heavy atom. The van der Waals surface area contributed by atoms with E-state index in [-0.39, 0.29) is 12.5 Å². The first-order valence-electron chi connectivity index (χ1n) is 8.61. The first-order chi connectivity index (χ1) is 13.1. The maximum atomic E-state index is 13.6. The zero-order chi connectivity index (χ0) is 19.2. The third-order valence-electron chi connectivity index (χ3n) is 3.87. The van der Waals surface area contributed by atoms with Crippen LogP contribution in [-0.2, 0) is 6.54 Å². The predicted molar refractivity (Wildman–Crippen MR) is 101 cm³/mol. The molecule has 0 saturated heterocycles. The molecule has 0 fully saturated rings. The summed E-state index contributed by atoms with van der Waals surface area (Å²) in [7, 11) is 0. The van der Waals surface area contributed by atoms with Crippen LogP contribution in [-0.4, -0.2) is 34.4 Å². The van der Waals surface area contributed by atoms with Crippen LogP contribution in [0.5, 0.6) is 5.75 Å². The lowest BCUT2D eigenvalue weighted by Crippen LogP contribution is -2.19. The molecule has 0 amide bonds. The summed E-state index contributed by atoms with van der Waals surface area (Å²) in [6.07, 6.45) is 3.55. The number of halogens is 2. The van der Waals surface area contributed by atoms with Gasteiger partial charge in [-0.05, 0) is 31.2 Å². The van der Waals surface area contributed by atoms with Gasteiger partial charge in [0.15, 0.2) is 5.65 Å².